The molecule has 0 bridgehead atoms. The van der Waals surface area contributed by atoms with Crippen molar-refractivity contribution in [2.24, 2.45) is 11.7 Å². The topological polar surface area (TPSA) is 87.5 Å². The van der Waals surface area contributed by atoms with Gasteiger partial charge in [-0.3, -0.25) is 15.0 Å². The lowest BCUT2D eigenvalue weighted by atomic mass is 9.94. The van der Waals surface area contributed by atoms with Gasteiger partial charge in [0.1, 0.15) is 0 Å². The van der Waals surface area contributed by atoms with Gasteiger partial charge in [-0.1, -0.05) is 6.08 Å². The van der Waals surface area contributed by atoms with Crippen LogP contribution in [0.15, 0.2) is 12.7 Å². The fourth-order valence-corrected chi connectivity index (χ4v) is 2.25. The first-order valence-electron chi connectivity index (χ1n) is 6.76. The summed E-state index contributed by atoms with van der Waals surface area (Å²) in [4.78, 5) is 25.0. The monoisotopic (exact) mass is 268 g/mol. The Kier molecular flexibility index (Phi) is 7.14. The quantitative estimate of drug-likeness (QED) is 0.594. The van der Waals surface area contributed by atoms with E-state index in [9.17, 15) is 9.59 Å². The maximum atomic E-state index is 11.6. The Labute approximate surface area is 114 Å². The van der Waals surface area contributed by atoms with E-state index in [0.717, 1.165) is 38.9 Å². The molecule has 4 N–H and O–H groups in total. The highest BCUT2D eigenvalue weighted by molar-refractivity contribution is 5.95. The van der Waals surface area contributed by atoms with E-state index in [-0.39, 0.29) is 12.5 Å². The second kappa shape index (κ2) is 8.66. The Bertz CT molecular complexity index is 312. The van der Waals surface area contributed by atoms with Crippen LogP contribution in [0.3, 0.4) is 0 Å². The summed E-state index contributed by atoms with van der Waals surface area (Å²) in [7, 11) is 0. The second-order valence-electron chi connectivity index (χ2n) is 4.84. The Morgan fingerprint density at radius 3 is 2.63 bits per heavy atom. The molecule has 0 atom stereocenters. The van der Waals surface area contributed by atoms with Crippen LogP contribution in [-0.2, 0) is 4.79 Å². The number of carbonyl (C=O) groups excluding carboxylic acids is 2. The smallest absolute Gasteiger partial charge is 0.321 e. The third-order valence-electron chi connectivity index (χ3n) is 3.31. The van der Waals surface area contributed by atoms with E-state index in [0.29, 0.717) is 12.5 Å². The first kappa shape index (κ1) is 15.7. The highest BCUT2D eigenvalue weighted by Crippen LogP contribution is 2.19. The number of carbonyl (C=O) groups is 2. The summed E-state index contributed by atoms with van der Waals surface area (Å²) < 4.78 is 0. The number of hydrogen-bond donors (Lipinski definition) is 3. The standard InChI is InChI=1S/C13H24N4O2/c1-2-7-15-13(19)16-12(18)10-17-8-4-11(3-6-14)5-9-17/h2,11H,1,3-10,14H2,(H2,15,16,18,19). The number of piperidine rings is 1. The van der Waals surface area contributed by atoms with Gasteiger partial charge < -0.3 is 11.1 Å². The summed E-state index contributed by atoms with van der Waals surface area (Å²) in [5.74, 6) is 0.416. The number of rotatable bonds is 6. The van der Waals surface area contributed by atoms with Crippen molar-refractivity contribution in [3.63, 3.8) is 0 Å². The van der Waals surface area contributed by atoms with Gasteiger partial charge >= 0.3 is 6.03 Å². The first-order chi connectivity index (χ1) is 9.15. The Morgan fingerprint density at radius 1 is 1.37 bits per heavy atom. The van der Waals surface area contributed by atoms with Crippen LogP contribution in [0.4, 0.5) is 4.79 Å². The maximum absolute atomic E-state index is 11.6. The van der Waals surface area contributed by atoms with E-state index < -0.39 is 6.03 Å². The molecule has 1 fully saturated rings. The number of amides is 3. The van der Waals surface area contributed by atoms with Crippen molar-refractivity contribution < 1.29 is 9.59 Å². The van der Waals surface area contributed by atoms with Gasteiger partial charge in [-0.2, -0.15) is 0 Å². The fourth-order valence-electron chi connectivity index (χ4n) is 2.25. The van der Waals surface area contributed by atoms with Gasteiger partial charge in [-0.05, 0) is 44.8 Å². The van der Waals surface area contributed by atoms with Crippen LogP contribution in [-0.4, -0.2) is 49.6 Å². The molecule has 19 heavy (non-hydrogen) atoms. The van der Waals surface area contributed by atoms with Crippen LogP contribution in [0.5, 0.6) is 0 Å². The average Bonchev–Trinajstić information content (AvgIpc) is 2.39. The molecule has 0 aromatic rings. The SMILES string of the molecule is C=CCNC(=O)NC(=O)CN1CCC(CCN)CC1. The number of nitrogens with two attached hydrogens (primary N) is 1. The van der Waals surface area contributed by atoms with Crippen molar-refractivity contribution in [1.29, 1.82) is 0 Å². The lowest BCUT2D eigenvalue weighted by Crippen LogP contribution is -2.46. The van der Waals surface area contributed by atoms with E-state index in [1.165, 1.54) is 0 Å². The van der Waals surface area contributed by atoms with Crippen molar-refractivity contribution in [2.45, 2.75) is 19.3 Å². The van der Waals surface area contributed by atoms with Crippen LogP contribution in [0.2, 0.25) is 0 Å². The Morgan fingerprint density at radius 2 is 2.05 bits per heavy atom. The highest BCUT2D eigenvalue weighted by Gasteiger charge is 2.20. The minimum absolute atomic E-state index is 0.265. The molecule has 1 aliphatic heterocycles. The van der Waals surface area contributed by atoms with E-state index in [1.807, 2.05) is 0 Å². The van der Waals surface area contributed by atoms with Crippen molar-refractivity contribution in [2.75, 3.05) is 32.7 Å². The molecule has 0 saturated carbocycles. The number of nitrogens with one attached hydrogen (secondary N) is 2. The van der Waals surface area contributed by atoms with Gasteiger partial charge in [-0.15, -0.1) is 6.58 Å². The van der Waals surface area contributed by atoms with Gasteiger partial charge in [0.05, 0.1) is 6.54 Å². The number of hydrogen-bond acceptors (Lipinski definition) is 4. The summed E-state index contributed by atoms with van der Waals surface area (Å²) in [6, 6.07) is -0.470. The highest BCUT2D eigenvalue weighted by atomic mass is 16.2. The van der Waals surface area contributed by atoms with E-state index >= 15 is 0 Å². The van der Waals surface area contributed by atoms with Gasteiger partial charge in [0.2, 0.25) is 5.91 Å². The van der Waals surface area contributed by atoms with Crippen molar-refractivity contribution in [3.8, 4) is 0 Å². The Hall–Kier alpha value is -1.40. The van der Waals surface area contributed by atoms with Crippen molar-refractivity contribution in [3.05, 3.63) is 12.7 Å². The predicted octanol–water partition coefficient (Wildman–Crippen LogP) is 0.0590. The number of likely N-dealkylation sites (tertiary alicyclic amines) is 1. The molecule has 108 valence electrons. The molecule has 0 aliphatic carbocycles. The van der Waals surface area contributed by atoms with E-state index in [2.05, 4.69) is 22.1 Å². The molecule has 0 radical (unpaired) electrons. The lowest BCUT2D eigenvalue weighted by Gasteiger charge is -2.31. The number of nitrogens with zero attached hydrogens (tertiary/aromatic N) is 1. The molecule has 1 heterocycles. The van der Waals surface area contributed by atoms with Crippen LogP contribution < -0.4 is 16.4 Å². The molecule has 1 rings (SSSR count). The third-order valence-corrected chi connectivity index (χ3v) is 3.31. The van der Waals surface area contributed by atoms with E-state index in [1.54, 1.807) is 6.08 Å². The molecule has 0 spiro atoms. The lowest BCUT2D eigenvalue weighted by molar-refractivity contribution is -0.121. The van der Waals surface area contributed by atoms with Gasteiger partial charge in [0.15, 0.2) is 0 Å². The minimum Gasteiger partial charge on any atom is -0.334 e. The molecule has 6 nitrogen and oxygen atoms in total. The van der Waals surface area contributed by atoms with Crippen LogP contribution in [0, 0.1) is 5.92 Å². The molecular formula is C13H24N4O2. The molecule has 1 saturated heterocycles. The average molecular weight is 268 g/mol. The molecule has 6 heteroatoms. The maximum Gasteiger partial charge on any atom is 0.321 e. The molecule has 0 aromatic carbocycles. The predicted molar refractivity (Wildman–Crippen MR) is 74.6 cm³/mol. The summed E-state index contributed by atoms with van der Waals surface area (Å²) in [5.41, 5.74) is 5.54. The summed E-state index contributed by atoms with van der Waals surface area (Å²) in [6.07, 6.45) is 4.77. The zero-order valence-electron chi connectivity index (χ0n) is 11.4. The van der Waals surface area contributed by atoms with E-state index in [4.69, 9.17) is 5.73 Å². The first-order valence-corrected chi connectivity index (χ1v) is 6.76. The molecule has 3 amide bonds. The summed E-state index contributed by atoms with van der Waals surface area (Å²) >= 11 is 0. The zero-order valence-corrected chi connectivity index (χ0v) is 11.4. The van der Waals surface area contributed by atoms with Gasteiger partial charge in [0.25, 0.3) is 0 Å². The molecule has 0 unspecified atom stereocenters. The summed E-state index contributed by atoms with van der Waals surface area (Å²) in [5, 5.41) is 4.80. The largest absolute Gasteiger partial charge is 0.334 e. The van der Waals surface area contributed by atoms with Crippen molar-refractivity contribution in [1.82, 2.24) is 15.5 Å². The fraction of sp³-hybridized carbons (Fsp3) is 0.692. The van der Waals surface area contributed by atoms with Crippen molar-refractivity contribution >= 4 is 11.9 Å². The third kappa shape index (κ3) is 6.35. The van der Waals surface area contributed by atoms with Crippen LogP contribution in [0.25, 0.3) is 0 Å². The van der Waals surface area contributed by atoms with Crippen LogP contribution in [0.1, 0.15) is 19.3 Å². The van der Waals surface area contributed by atoms with Gasteiger partial charge in [-0.25, -0.2) is 4.79 Å². The van der Waals surface area contributed by atoms with Crippen LogP contribution >= 0.6 is 0 Å². The zero-order chi connectivity index (χ0) is 14.1. The second-order valence-corrected chi connectivity index (χ2v) is 4.84. The number of imide groups is 1. The Balaban J connectivity index is 2.19. The molecule has 0 aromatic heterocycles. The summed E-state index contributed by atoms with van der Waals surface area (Å²) in [6.45, 7) is 6.63. The normalized spacial score (nSPS) is 16.9. The van der Waals surface area contributed by atoms with Gasteiger partial charge in [0, 0.05) is 6.54 Å². The molecule has 1 aliphatic rings. The number of urea groups is 1. The molecular weight excluding hydrogens is 244 g/mol. The minimum atomic E-state index is -0.470.